The lowest BCUT2D eigenvalue weighted by Gasteiger charge is -2.18. The second kappa shape index (κ2) is 5.57. The Kier molecular flexibility index (Phi) is 4.57. The Morgan fingerprint density at radius 2 is 1.83 bits per heavy atom. The molecule has 0 spiro atoms. The molecule has 3 nitrogen and oxygen atoms in total. The number of hydrogen-bond donors (Lipinski definition) is 1. The van der Waals surface area contributed by atoms with Gasteiger partial charge in [-0.3, -0.25) is 0 Å². The predicted molar refractivity (Wildman–Crippen MR) is 75.4 cm³/mol. The first-order valence-corrected chi connectivity index (χ1v) is 6.33. The van der Waals surface area contributed by atoms with Crippen molar-refractivity contribution in [1.82, 2.24) is 0 Å². The molecule has 0 saturated carbocycles. The van der Waals surface area contributed by atoms with Crippen molar-refractivity contribution in [2.24, 2.45) is 0 Å². The third-order valence-electron chi connectivity index (χ3n) is 3.19. The van der Waals surface area contributed by atoms with Gasteiger partial charge in [-0.2, -0.15) is 0 Å². The van der Waals surface area contributed by atoms with Gasteiger partial charge in [0.05, 0.1) is 7.11 Å². The fourth-order valence-corrected chi connectivity index (χ4v) is 2.46. The van der Waals surface area contributed by atoms with Crippen LogP contribution < -0.4 is 4.74 Å². The highest BCUT2D eigenvalue weighted by atomic mass is 79.9. The molecule has 1 N–H and O–H groups in total. The maximum absolute atomic E-state index is 10.9. The summed E-state index contributed by atoms with van der Waals surface area (Å²) in [7, 11) is 1.60. The molecule has 1 aromatic rings. The number of rotatable bonds is 4. The van der Waals surface area contributed by atoms with Gasteiger partial charge in [-0.15, -0.1) is 0 Å². The van der Waals surface area contributed by atoms with Gasteiger partial charge in [0, 0.05) is 22.0 Å². The van der Waals surface area contributed by atoms with Crippen molar-refractivity contribution in [3.63, 3.8) is 0 Å². The van der Waals surface area contributed by atoms with Crippen LogP contribution in [0.2, 0.25) is 0 Å². The zero-order valence-electron chi connectivity index (χ0n) is 11.1. The van der Waals surface area contributed by atoms with Crippen LogP contribution in [0.3, 0.4) is 0 Å². The Morgan fingerprint density at radius 3 is 2.28 bits per heavy atom. The summed E-state index contributed by atoms with van der Waals surface area (Å²) in [4.78, 5) is 10.9. The van der Waals surface area contributed by atoms with E-state index >= 15 is 0 Å². The van der Waals surface area contributed by atoms with Crippen LogP contribution >= 0.6 is 15.9 Å². The number of hydrogen-bond acceptors (Lipinski definition) is 2. The second-order valence-corrected chi connectivity index (χ2v) is 5.08. The SMILES string of the molecule is C=C(Cc1c(C)c(Br)c(C)c(C)c1OC)C(=O)O. The maximum atomic E-state index is 10.9. The van der Waals surface area contributed by atoms with Crippen LogP contribution in [-0.2, 0) is 11.2 Å². The summed E-state index contributed by atoms with van der Waals surface area (Å²) in [6.45, 7) is 9.49. The lowest BCUT2D eigenvalue weighted by Crippen LogP contribution is -2.07. The van der Waals surface area contributed by atoms with Crippen molar-refractivity contribution in [3.8, 4) is 5.75 Å². The Bertz CT molecular complexity index is 519. The fraction of sp³-hybridized carbons (Fsp3) is 0.357. The molecular formula is C14H17BrO3. The van der Waals surface area contributed by atoms with Gasteiger partial charge in [-0.25, -0.2) is 4.79 Å². The highest BCUT2D eigenvalue weighted by Gasteiger charge is 2.18. The highest BCUT2D eigenvalue weighted by Crippen LogP contribution is 2.37. The standard InChI is InChI=1S/C14H17BrO3/c1-7(14(16)17)6-11-10(4)12(15)8(2)9(3)13(11)18-5/h1,6H2,2-5H3,(H,16,17). The Labute approximate surface area is 116 Å². The molecule has 0 aliphatic carbocycles. The molecule has 0 aliphatic rings. The minimum atomic E-state index is -0.981. The van der Waals surface area contributed by atoms with E-state index in [-0.39, 0.29) is 12.0 Å². The highest BCUT2D eigenvalue weighted by molar-refractivity contribution is 9.10. The van der Waals surface area contributed by atoms with Crippen molar-refractivity contribution in [2.45, 2.75) is 27.2 Å². The molecule has 18 heavy (non-hydrogen) atoms. The lowest BCUT2D eigenvalue weighted by atomic mass is 9.94. The topological polar surface area (TPSA) is 46.5 Å². The number of methoxy groups -OCH3 is 1. The summed E-state index contributed by atoms with van der Waals surface area (Å²) >= 11 is 3.54. The third kappa shape index (κ3) is 2.58. The van der Waals surface area contributed by atoms with E-state index in [4.69, 9.17) is 9.84 Å². The average molecular weight is 313 g/mol. The van der Waals surface area contributed by atoms with Gasteiger partial charge in [0.1, 0.15) is 5.75 Å². The number of halogens is 1. The fourth-order valence-electron chi connectivity index (χ4n) is 1.92. The van der Waals surface area contributed by atoms with Crippen LogP contribution in [0, 0.1) is 20.8 Å². The normalized spacial score (nSPS) is 10.3. The molecule has 1 aromatic carbocycles. The monoisotopic (exact) mass is 312 g/mol. The average Bonchev–Trinajstić information content (AvgIpc) is 2.33. The van der Waals surface area contributed by atoms with Crippen molar-refractivity contribution in [3.05, 3.63) is 38.9 Å². The molecule has 4 heteroatoms. The summed E-state index contributed by atoms with van der Waals surface area (Å²) < 4.78 is 6.41. The van der Waals surface area contributed by atoms with E-state index in [1.165, 1.54) is 0 Å². The number of aliphatic carboxylic acids is 1. The number of carbonyl (C=O) groups is 1. The van der Waals surface area contributed by atoms with E-state index in [1.54, 1.807) is 7.11 Å². The quantitative estimate of drug-likeness (QED) is 0.865. The first kappa shape index (κ1) is 14.8. The lowest BCUT2D eigenvalue weighted by molar-refractivity contribution is -0.132. The number of carboxylic acids is 1. The smallest absolute Gasteiger partial charge is 0.331 e. The maximum Gasteiger partial charge on any atom is 0.331 e. The Hall–Kier alpha value is -1.29. The van der Waals surface area contributed by atoms with Crippen LogP contribution in [0.1, 0.15) is 22.3 Å². The van der Waals surface area contributed by atoms with Crippen molar-refractivity contribution >= 4 is 21.9 Å². The van der Waals surface area contributed by atoms with Gasteiger partial charge in [0.15, 0.2) is 0 Å². The van der Waals surface area contributed by atoms with Crippen LogP contribution in [0.5, 0.6) is 5.75 Å². The van der Waals surface area contributed by atoms with Crippen molar-refractivity contribution in [2.75, 3.05) is 7.11 Å². The number of ether oxygens (including phenoxy) is 1. The van der Waals surface area contributed by atoms with Crippen LogP contribution in [0.4, 0.5) is 0 Å². The van der Waals surface area contributed by atoms with E-state index in [2.05, 4.69) is 22.5 Å². The van der Waals surface area contributed by atoms with E-state index in [0.717, 1.165) is 32.5 Å². The van der Waals surface area contributed by atoms with Crippen molar-refractivity contribution in [1.29, 1.82) is 0 Å². The molecular weight excluding hydrogens is 296 g/mol. The molecule has 0 unspecified atom stereocenters. The second-order valence-electron chi connectivity index (χ2n) is 4.29. The van der Waals surface area contributed by atoms with Gasteiger partial charge in [0.2, 0.25) is 0 Å². The summed E-state index contributed by atoms with van der Waals surface area (Å²) in [5.41, 5.74) is 4.15. The molecule has 0 aliphatic heterocycles. The van der Waals surface area contributed by atoms with E-state index in [0.29, 0.717) is 0 Å². The molecule has 98 valence electrons. The molecule has 0 aromatic heterocycles. The molecule has 0 atom stereocenters. The van der Waals surface area contributed by atoms with Gasteiger partial charge >= 0.3 is 5.97 Å². The predicted octanol–water partition coefficient (Wildman–Crippen LogP) is 3.57. The Morgan fingerprint density at radius 1 is 1.28 bits per heavy atom. The molecule has 0 saturated heterocycles. The van der Waals surface area contributed by atoms with Gasteiger partial charge in [0.25, 0.3) is 0 Å². The third-order valence-corrected chi connectivity index (χ3v) is 4.37. The number of carboxylic acid groups (broad SMARTS) is 1. The molecule has 0 heterocycles. The first-order valence-electron chi connectivity index (χ1n) is 5.54. The molecule has 0 bridgehead atoms. The summed E-state index contributed by atoms with van der Waals surface area (Å²) in [5, 5.41) is 8.94. The summed E-state index contributed by atoms with van der Waals surface area (Å²) in [5.74, 6) is -0.235. The minimum absolute atomic E-state index is 0.159. The molecule has 0 radical (unpaired) electrons. The summed E-state index contributed by atoms with van der Waals surface area (Å²) in [6.07, 6.45) is 0.282. The number of benzene rings is 1. The van der Waals surface area contributed by atoms with E-state index in [1.807, 2.05) is 20.8 Å². The Balaban J connectivity index is 3.42. The van der Waals surface area contributed by atoms with Crippen LogP contribution in [0.15, 0.2) is 16.6 Å². The van der Waals surface area contributed by atoms with Crippen LogP contribution in [-0.4, -0.2) is 18.2 Å². The zero-order chi connectivity index (χ0) is 14.0. The zero-order valence-corrected chi connectivity index (χ0v) is 12.6. The van der Waals surface area contributed by atoms with Crippen molar-refractivity contribution < 1.29 is 14.6 Å². The largest absolute Gasteiger partial charge is 0.496 e. The van der Waals surface area contributed by atoms with E-state index < -0.39 is 5.97 Å². The molecule has 0 amide bonds. The molecule has 0 fully saturated rings. The van der Waals surface area contributed by atoms with Crippen LogP contribution in [0.25, 0.3) is 0 Å². The van der Waals surface area contributed by atoms with Gasteiger partial charge in [-0.05, 0) is 37.5 Å². The summed E-state index contributed by atoms with van der Waals surface area (Å²) in [6, 6.07) is 0. The van der Waals surface area contributed by atoms with E-state index in [9.17, 15) is 4.79 Å². The molecule has 1 rings (SSSR count). The van der Waals surface area contributed by atoms with Gasteiger partial charge in [-0.1, -0.05) is 22.5 Å². The first-order chi connectivity index (χ1) is 8.31. The van der Waals surface area contributed by atoms with Gasteiger partial charge < -0.3 is 9.84 Å². The minimum Gasteiger partial charge on any atom is -0.496 e.